The minimum absolute atomic E-state index is 0.0131. The molecule has 0 unspecified atom stereocenters. The Balaban J connectivity index is 2.06. The lowest BCUT2D eigenvalue weighted by atomic mass is 9.80. The van der Waals surface area contributed by atoms with Crippen molar-refractivity contribution in [1.29, 1.82) is 0 Å². The van der Waals surface area contributed by atoms with Crippen molar-refractivity contribution in [2.45, 2.75) is 31.7 Å². The Morgan fingerprint density at radius 3 is 2.67 bits per heavy atom. The van der Waals surface area contributed by atoms with Crippen LogP contribution >= 0.6 is 0 Å². The van der Waals surface area contributed by atoms with Gasteiger partial charge in [0, 0.05) is 26.2 Å². The smallest absolute Gasteiger partial charge is 0.306 e. The standard InChI is InChI=1S/C10H17NO4/c1-15-4-2-3-9(12)11-8-5-7(6-8)10(13)14/h7-8H,2-6H2,1H3,(H,11,12)(H,13,14). The number of nitrogens with one attached hydrogen (secondary N) is 1. The molecule has 5 heteroatoms. The molecule has 0 aliphatic heterocycles. The monoisotopic (exact) mass is 215 g/mol. The second-order valence-corrected chi connectivity index (χ2v) is 3.87. The van der Waals surface area contributed by atoms with Crippen molar-refractivity contribution in [2.24, 2.45) is 5.92 Å². The van der Waals surface area contributed by atoms with Gasteiger partial charge in [0.25, 0.3) is 0 Å². The van der Waals surface area contributed by atoms with E-state index in [9.17, 15) is 9.59 Å². The van der Waals surface area contributed by atoms with Gasteiger partial charge in [0.1, 0.15) is 0 Å². The van der Waals surface area contributed by atoms with Crippen molar-refractivity contribution in [3.05, 3.63) is 0 Å². The van der Waals surface area contributed by atoms with Crippen LogP contribution in [0.5, 0.6) is 0 Å². The molecule has 5 nitrogen and oxygen atoms in total. The lowest BCUT2D eigenvalue weighted by molar-refractivity contribution is -0.146. The summed E-state index contributed by atoms with van der Waals surface area (Å²) >= 11 is 0. The van der Waals surface area contributed by atoms with E-state index in [1.165, 1.54) is 0 Å². The molecule has 0 saturated heterocycles. The molecule has 0 heterocycles. The number of carboxylic acid groups (broad SMARTS) is 1. The summed E-state index contributed by atoms with van der Waals surface area (Å²) in [5.41, 5.74) is 0. The number of carbonyl (C=O) groups excluding carboxylic acids is 1. The van der Waals surface area contributed by atoms with Crippen molar-refractivity contribution < 1.29 is 19.4 Å². The van der Waals surface area contributed by atoms with Gasteiger partial charge in [-0.2, -0.15) is 0 Å². The lowest BCUT2D eigenvalue weighted by Crippen LogP contribution is -2.46. The Hall–Kier alpha value is -1.10. The number of hydrogen-bond acceptors (Lipinski definition) is 3. The summed E-state index contributed by atoms with van der Waals surface area (Å²) in [6.45, 7) is 0.579. The van der Waals surface area contributed by atoms with Crippen molar-refractivity contribution in [2.75, 3.05) is 13.7 Å². The molecule has 1 aliphatic rings. The predicted molar refractivity (Wildman–Crippen MR) is 53.4 cm³/mol. The minimum atomic E-state index is -0.764. The second kappa shape index (κ2) is 5.70. The molecular weight excluding hydrogens is 198 g/mol. The first-order chi connectivity index (χ1) is 7.13. The zero-order chi connectivity index (χ0) is 11.3. The Labute approximate surface area is 88.8 Å². The molecule has 2 N–H and O–H groups in total. The molecule has 1 aliphatic carbocycles. The molecule has 86 valence electrons. The normalized spacial score (nSPS) is 24.3. The highest BCUT2D eigenvalue weighted by atomic mass is 16.5. The van der Waals surface area contributed by atoms with Gasteiger partial charge in [0.05, 0.1) is 5.92 Å². The van der Waals surface area contributed by atoms with E-state index in [2.05, 4.69) is 5.32 Å². The molecule has 1 saturated carbocycles. The van der Waals surface area contributed by atoms with E-state index in [0.717, 1.165) is 0 Å². The van der Waals surface area contributed by atoms with Gasteiger partial charge in [0.15, 0.2) is 0 Å². The predicted octanol–water partition coefficient (Wildman–Crippen LogP) is 0.392. The largest absolute Gasteiger partial charge is 0.481 e. The van der Waals surface area contributed by atoms with Crippen molar-refractivity contribution in [3.8, 4) is 0 Å². The number of aliphatic carboxylic acids is 1. The maximum Gasteiger partial charge on any atom is 0.306 e. The molecule has 1 rings (SSSR count). The van der Waals surface area contributed by atoms with Crippen LogP contribution in [0.4, 0.5) is 0 Å². The summed E-state index contributed by atoms with van der Waals surface area (Å²) in [6, 6.07) is 0.0566. The highest BCUT2D eigenvalue weighted by Gasteiger charge is 2.34. The van der Waals surface area contributed by atoms with Gasteiger partial charge in [-0.3, -0.25) is 9.59 Å². The molecule has 15 heavy (non-hydrogen) atoms. The van der Waals surface area contributed by atoms with E-state index in [-0.39, 0.29) is 17.9 Å². The van der Waals surface area contributed by atoms with E-state index in [1.54, 1.807) is 7.11 Å². The van der Waals surface area contributed by atoms with E-state index >= 15 is 0 Å². The SMILES string of the molecule is COCCCC(=O)NC1CC(C(=O)O)C1. The number of carbonyl (C=O) groups is 2. The first kappa shape index (κ1) is 12.0. The average molecular weight is 215 g/mol. The summed E-state index contributed by atoms with van der Waals surface area (Å²) in [5, 5.41) is 11.4. The Morgan fingerprint density at radius 1 is 1.47 bits per heavy atom. The summed E-state index contributed by atoms with van der Waals surface area (Å²) in [4.78, 5) is 21.8. The minimum Gasteiger partial charge on any atom is -0.481 e. The Kier molecular flexibility index (Phi) is 4.55. The van der Waals surface area contributed by atoms with Crippen molar-refractivity contribution in [3.63, 3.8) is 0 Å². The highest BCUT2D eigenvalue weighted by molar-refractivity contribution is 5.77. The molecule has 0 aromatic rings. The van der Waals surface area contributed by atoms with E-state index in [0.29, 0.717) is 32.3 Å². The second-order valence-electron chi connectivity index (χ2n) is 3.87. The quantitative estimate of drug-likeness (QED) is 0.628. The van der Waals surface area contributed by atoms with Crippen LogP contribution in [0, 0.1) is 5.92 Å². The van der Waals surface area contributed by atoms with E-state index < -0.39 is 5.97 Å². The maximum absolute atomic E-state index is 11.3. The number of hydrogen-bond donors (Lipinski definition) is 2. The molecule has 0 radical (unpaired) electrons. The van der Waals surface area contributed by atoms with Gasteiger partial charge in [-0.25, -0.2) is 0 Å². The van der Waals surface area contributed by atoms with Crippen molar-refractivity contribution >= 4 is 11.9 Å². The van der Waals surface area contributed by atoms with Gasteiger partial charge < -0.3 is 15.2 Å². The summed E-state index contributed by atoms with van der Waals surface area (Å²) in [5.74, 6) is -1.05. The lowest BCUT2D eigenvalue weighted by Gasteiger charge is -2.32. The van der Waals surface area contributed by atoms with Crippen LogP contribution in [0.2, 0.25) is 0 Å². The summed E-state index contributed by atoms with van der Waals surface area (Å²) in [6.07, 6.45) is 2.27. The van der Waals surface area contributed by atoms with Gasteiger partial charge in [-0.15, -0.1) is 0 Å². The number of methoxy groups -OCH3 is 1. The molecule has 0 aromatic heterocycles. The number of amides is 1. The van der Waals surface area contributed by atoms with Gasteiger partial charge in [-0.05, 0) is 19.3 Å². The number of ether oxygens (including phenoxy) is 1. The van der Waals surface area contributed by atoms with E-state index in [1.807, 2.05) is 0 Å². The third kappa shape index (κ3) is 3.87. The zero-order valence-corrected chi connectivity index (χ0v) is 8.86. The molecule has 0 atom stereocenters. The van der Waals surface area contributed by atoms with Gasteiger partial charge >= 0.3 is 5.97 Å². The molecule has 1 amide bonds. The third-order valence-corrected chi connectivity index (χ3v) is 2.60. The van der Waals surface area contributed by atoms with Crippen LogP contribution in [-0.4, -0.2) is 36.7 Å². The van der Waals surface area contributed by atoms with Gasteiger partial charge in [-0.1, -0.05) is 0 Å². The number of rotatable bonds is 6. The Bertz CT molecular complexity index is 236. The zero-order valence-electron chi connectivity index (χ0n) is 8.86. The first-order valence-corrected chi connectivity index (χ1v) is 5.14. The maximum atomic E-state index is 11.3. The van der Waals surface area contributed by atoms with Crippen LogP contribution in [-0.2, 0) is 14.3 Å². The van der Waals surface area contributed by atoms with Crippen LogP contribution in [0.1, 0.15) is 25.7 Å². The van der Waals surface area contributed by atoms with E-state index in [4.69, 9.17) is 9.84 Å². The molecule has 0 spiro atoms. The first-order valence-electron chi connectivity index (χ1n) is 5.14. The Morgan fingerprint density at radius 2 is 2.13 bits per heavy atom. The van der Waals surface area contributed by atoms with Crippen LogP contribution in [0.3, 0.4) is 0 Å². The fourth-order valence-electron chi connectivity index (χ4n) is 1.61. The third-order valence-electron chi connectivity index (χ3n) is 2.60. The van der Waals surface area contributed by atoms with Crippen LogP contribution in [0.25, 0.3) is 0 Å². The highest BCUT2D eigenvalue weighted by Crippen LogP contribution is 2.27. The summed E-state index contributed by atoms with van der Waals surface area (Å²) < 4.78 is 4.83. The van der Waals surface area contributed by atoms with Gasteiger partial charge in [0.2, 0.25) is 5.91 Å². The average Bonchev–Trinajstić information content (AvgIpc) is 2.10. The fraction of sp³-hybridized carbons (Fsp3) is 0.800. The van der Waals surface area contributed by atoms with Crippen LogP contribution in [0.15, 0.2) is 0 Å². The molecule has 1 fully saturated rings. The molecular formula is C10H17NO4. The molecule has 0 aromatic carbocycles. The fourth-order valence-corrected chi connectivity index (χ4v) is 1.61. The van der Waals surface area contributed by atoms with Crippen molar-refractivity contribution in [1.82, 2.24) is 5.32 Å². The number of carboxylic acids is 1. The topological polar surface area (TPSA) is 75.6 Å². The summed E-state index contributed by atoms with van der Waals surface area (Å²) in [7, 11) is 1.60. The van der Waals surface area contributed by atoms with Crippen LogP contribution < -0.4 is 5.32 Å². The molecule has 0 bridgehead atoms.